The number of hydrogen-bond donors (Lipinski definition) is 0. The number of nitrogens with zero attached hydrogens (tertiary/aromatic N) is 1. The molecular weight excluding hydrogens is 174 g/mol. The van der Waals surface area contributed by atoms with Gasteiger partial charge in [0.2, 0.25) is 0 Å². The molecule has 0 aromatic carbocycles. The fourth-order valence-corrected chi connectivity index (χ4v) is 3.35. The highest BCUT2D eigenvalue weighted by Gasteiger charge is 2.14. The Morgan fingerprint density at radius 2 is 1.77 bits per heavy atom. The van der Waals surface area contributed by atoms with Crippen molar-refractivity contribution in [1.29, 1.82) is 0 Å². The SMILES string of the molecule is CC=C[SiH2]C(C)N1CCCCCC1. The molecule has 0 bridgehead atoms. The van der Waals surface area contributed by atoms with Crippen molar-refractivity contribution in [2.24, 2.45) is 0 Å². The van der Waals surface area contributed by atoms with Crippen LogP contribution in [-0.2, 0) is 0 Å². The minimum Gasteiger partial charge on any atom is -0.304 e. The summed E-state index contributed by atoms with van der Waals surface area (Å²) in [5.74, 6) is 0. The molecule has 0 aromatic heterocycles. The van der Waals surface area contributed by atoms with Gasteiger partial charge in [-0.05, 0) is 38.5 Å². The van der Waals surface area contributed by atoms with Crippen LogP contribution in [0, 0.1) is 0 Å². The molecule has 1 heterocycles. The third-order valence-electron chi connectivity index (χ3n) is 2.98. The molecule has 13 heavy (non-hydrogen) atoms. The van der Waals surface area contributed by atoms with E-state index in [0.717, 1.165) is 5.67 Å². The Balaban J connectivity index is 2.30. The second kappa shape index (κ2) is 6.38. The Morgan fingerprint density at radius 1 is 1.15 bits per heavy atom. The van der Waals surface area contributed by atoms with E-state index in [-0.39, 0.29) is 9.52 Å². The molecule has 0 aliphatic carbocycles. The molecule has 1 saturated heterocycles. The highest BCUT2D eigenvalue weighted by atomic mass is 28.2. The van der Waals surface area contributed by atoms with Crippen molar-refractivity contribution < 1.29 is 0 Å². The van der Waals surface area contributed by atoms with Crippen molar-refractivity contribution in [2.75, 3.05) is 13.1 Å². The first-order valence-corrected chi connectivity index (χ1v) is 7.33. The lowest BCUT2D eigenvalue weighted by Gasteiger charge is -2.26. The van der Waals surface area contributed by atoms with Gasteiger partial charge in [0.25, 0.3) is 0 Å². The average molecular weight is 197 g/mol. The fraction of sp³-hybridized carbons (Fsp3) is 0.818. The molecule has 1 atom stereocenters. The second-order valence-electron chi connectivity index (χ2n) is 4.10. The average Bonchev–Trinajstić information content (AvgIpc) is 2.42. The van der Waals surface area contributed by atoms with Crippen molar-refractivity contribution in [1.82, 2.24) is 4.90 Å². The third kappa shape index (κ3) is 4.10. The molecule has 0 saturated carbocycles. The Bertz CT molecular complexity index is 148. The maximum atomic E-state index is 2.71. The lowest BCUT2D eigenvalue weighted by Crippen LogP contribution is -2.37. The Labute approximate surface area is 85.0 Å². The maximum absolute atomic E-state index is 2.71. The zero-order chi connectivity index (χ0) is 9.52. The lowest BCUT2D eigenvalue weighted by atomic mass is 10.2. The van der Waals surface area contributed by atoms with Gasteiger partial charge in [-0.2, -0.15) is 0 Å². The lowest BCUT2D eigenvalue weighted by molar-refractivity contribution is 0.271. The highest BCUT2D eigenvalue weighted by molar-refractivity contribution is 6.43. The second-order valence-corrected chi connectivity index (χ2v) is 6.23. The van der Waals surface area contributed by atoms with E-state index >= 15 is 0 Å². The summed E-state index contributed by atoms with van der Waals surface area (Å²) in [6.45, 7) is 7.26. The van der Waals surface area contributed by atoms with E-state index in [9.17, 15) is 0 Å². The fourth-order valence-electron chi connectivity index (χ4n) is 2.02. The van der Waals surface area contributed by atoms with Crippen molar-refractivity contribution >= 4 is 9.52 Å². The van der Waals surface area contributed by atoms with Crippen molar-refractivity contribution in [3.8, 4) is 0 Å². The van der Waals surface area contributed by atoms with Crippen molar-refractivity contribution in [3.05, 3.63) is 11.8 Å². The van der Waals surface area contributed by atoms with Crippen LogP contribution in [0.2, 0.25) is 0 Å². The van der Waals surface area contributed by atoms with E-state index in [1.165, 1.54) is 38.8 Å². The van der Waals surface area contributed by atoms with Crippen LogP contribution in [0.3, 0.4) is 0 Å². The summed E-state index contributed by atoms with van der Waals surface area (Å²) in [5, 5.41) is 0. The largest absolute Gasteiger partial charge is 0.304 e. The zero-order valence-electron chi connectivity index (χ0n) is 9.13. The zero-order valence-corrected chi connectivity index (χ0v) is 10.5. The normalized spacial score (nSPS) is 24.2. The van der Waals surface area contributed by atoms with Crippen LogP contribution in [0.15, 0.2) is 11.8 Å². The topological polar surface area (TPSA) is 3.24 Å². The van der Waals surface area contributed by atoms with Gasteiger partial charge in [0.15, 0.2) is 0 Å². The Hall–Kier alpha value is -0.0831. The summed E-state index contributed by atoms with van der Waals surface area (Å²) in [4.78, 5) is 2.71. The van der Waals surface area contributed by atoms with Gasteiger partial charge in [0.05, 0.1) is 9.52 Å². The van der Waals surface area contributed by atoms with Gasteiger partial charge in [-0.25, -0.2) is 0 Å². The van der Waals surface area contributed by atoms with Gasteiger partial charge < -0.3 is 4.90 Å². The predicted octanol–water partition coefficient (Wildman–Crippen LogP) is 1.91. The summed E-state index contributed by atoms with van der Waals surface area (Å²) in [6, 6.07) is 0. The molecule has 1 aliphatic heterocycles. The van der Waals surface area contributed by atoms with Crippen LogP contribution in [0.1, 0.15) is 39.5 Å². The molecule has 1 unspecified atom stereocenters. The third-order valence-corrected chi connectivity index (χ3v) is 4.92. The summed E-state index contributed by atoms with van der Waals surface area (Å²) < 4.78 is 0. The van der Waals surface area contributed by atoms with Crippen LogP contribution in [0.4, 0.5) is 0 Å². The van der Waals surface area contributed by atoms with Crippen molar-refractivity contribution in [3.63, 3.8) is 0 Å². The molecule has 1 rings (SSSR count). The van der Waals surface area contributed by atoms with Crippen LogP contribution < -0.4 is 0 Å². The summed E-state index contributed by atoms with van der Waals surface area (Å²) in [7, 11) is 0.0208. The molecule has 0 aromatic rings. The van der Waals surface area contributed by atoms with Gasteiger partial charge >= 0.3 is 0 Å². The summed E-state index contributed by atoms with van der Waals surface area (Å²) in [6.07, 6.45) is 7.98. The number of rotatable bonds is 3. The van der Waals surface area contributed by atoms with Crippen LogP contribution >= 0.6 is 0 Å². The first-order valence-electron chi connectivity index (χ1n) is 5.70. The number of likely N-dealkylation sites (tertiary alicyclic amines) is 1. The molecule has 1 nitrogen and oxygen atoms in total. The van der Waals surface area contributed by atoms with Gasteiger partial charge in [-0.15, -0.1) is 5.70 Å². The van der Waals surface area contributed by atoms with E-state index < -0.39 is 0 Å². The molecule has 0 amide bonds. The van der Waals surface area contributed by atoms with E-state index in [2.05, 4.69) is 30.5 Å². The monoisotopic (exact) mass is 197 g/mol. The Morgan fingerprint density at radius 3 is 2.31 bits per heavy atom. The van der Waals surface area contributed by atoms with E-state index in [4.69, 9.17) is 0 Å². The van der Waals surface area contributed by atoms with Gasteiger partial charge in [0.1, 0.15) is 0 Å². The minimum absolute atomic E-state index is 0.0208. The van der Waals surface area contributed by atoms with E-state index in [1.807, 2.05) is 0 Å². The van der Waals surface area contributed by atoms with Gasteiger partial charge in [-0.3, -0.25) is 0 Å². The number of allylic oxidation sites excluding steroid dienone is 1. The standard InChI is InChI=1S/C11H23NSi/c1-3-10-13-11(2)12-8-6-4-5-7-9-12/h3,10-11H,4-9,13H2,1-2H3. The minimum atomic E-state index is 0.0208. The first kappa shape index (κ1) is 11.0. The molecule has 0 spiro atoms. The quantitative estimate of drug-likeness (QED) is 0.625. The number of hydrogen-bond acceptors (Lipinski definition) is 1. The predicted molar refractivity (Wildman–Crippen MR) is 62.9 cm³/mol. The molecular formula is C11H23NSi. The van der Waals surface area contributed by atoms with Gasteiger partial charge in [0, 0.05) is 0 Å². The first-order chi connectivity index (χ1) is 6.34. The molecule has 76 valence electrons. The van der Waals surface area contributed by atoms with Gasteiger partial charge in [-0.1, -0.05) is 25.8 Å². The molecule has 2 heteroatoms. The van der Waals surface area contributed by atoms with Crippen LogP contribution in [0.5, 0.6) is 0 Å². The van der Waals surface area contributed by atoms with Crippen LogP contribution in [0.25, 0.3) is 0 Å². The summed E-state index contributed by atoms with van der Waals surface area (Å²) in [5.41, 5.74) is 3.31. The van der Waals surface area contributed by atoms with E-state index in [0.29, 0.717) is 0 Å². The maximum Gasteiger partial charge on any atom is 0.0643 e. The smallest absolute Gasteiger partial charge is 0.0643 e. The Kier molecular flexibility index (Phi) is 5.40. The molecule has 1 aliphatic rings. The van der Waals surface area contributed by atoms with E-state index in [1.54, 1.807) is 0 Å². The highest BCUT2D eigenvalue weighted by Crippen LogP contribution is 2.11. The van der Waals surface area contributed by atoms with Crippen LogP contribution in [-0.4, -0.2) is 33.2 Å². The van der Waals surface area contributed by atoms with Crippen molar-refractivity contribution in [2.45, 2.75) is 45.2 Å². The molecule has 0 radical (unpaired) electrons. The molecule has 1 fully saturated rings. The summed E-state index contributed by atoms with van der Waals surface area (Å²) >= 11 is 0. The molecule has 0 N–H and O–H groups in total.